The molecule has 0 amide bonds. The largest absolute Gasteiger partial charge is 0.428 e. The van der Waals surface area contributed by atoms with Crippen LogP contribution in [0.3, 0.4) is 0 Å². The number of methoxy groups -OCH3 is 1. The van der Waals surface area contributed by atoms with Crippen LogP contribution in [-0.2, 0) is 21.9 Å². The Morgan fingerprint density at radius 1 is 1.50 bits per heavy atom. The normalized spacial score (nSPS) is 22.3. The summed E-state index contributed by atoms with van der Waals surface area (Å²) in [7, 11) is 1.46. The van der Waals surface area contributed by atoms with Crippen molar-refractivity contribution < 1.29 is 19.1 Å². The fraction of sp³-hybridized carbons (Fsp3) is 0.333. The van der Waals surface area contributed by atoms with Crippen LogP contribution in [0.4, 0.5) is 0 Å². The maximum Gasteiger partial charge on any atom is 0.324 e. The van der Waals surface area contributed by atoms with E-state index in [-0.39, 0.29) is 12.3 Å². The third kappa shape index (κ3) is 1.24. The highest BCUT2D eigenvalue weighted by Gasteiger charge is 2.48. The molecule has 0 unspecified atom stereocenters. The van der Waals surface area contributed by atoms with E-state index in [4.69, 9.17) is 9.47 Å². The van der Waals surface area contributed by atoms with E-state index in [0.29, 0.717) is 16.7 Å². The minimum Gasteiger partial charge on any atom is -0.428 e. The predicted octanol–water partition coefficient (Wildman–Crippen LogP) is 1.14. The van der Waals surface area contributed by atoms with Crippen LogP contribution < -0.4 is 4.43 Å². The van der Waals surface area contributed by atoms with Gasteiger partial charge in [0.05, 0.1) is 4.43 Å². The molecule has 0 spiro atoms. The second-order valence-electron chi connectivity index (χ2n) is 4.33. The van der Waals surface area contributed by atoms with Crippen LogP contribution in [-0.4, -0.2) is 17.0 Å². The highest BCUT2D eigenvalue weighted by atomic mass is 16.7. The van der Waals surface area contributed by atoms with Gasteiger partial charge in [0.1, 0.15) is 6.61 Å². The van der Waals surface area contributed by atoms with Crippen LogP contribution in [0, 0.1) is 4.91 Å². The Balaban J connectivity index is 2.48. The summed E-state index contributed by atoms with van der Waals surface area (Å²) in [5.41, 5.74) is 1.50. The lowest BCUT2D eigenvalue weighted by molar-refractivity contribution is -0.498. The fourth-order valence-electron chi connectivity index (χ4n) is 2.30. The first-order valence-corrected chi connectivity index (χ1v) is 5.56. The lowest BCUT2D eigenvalue weighted by Crippen LogP contribution is -2.36. The molecule has 0 saturated heterocycles. The van der Waals surface area contributed by atoms with Crippen LogP contribution in [0.15, 0.2) is 24.3 Å². The van der Waals surface area contributed by atoms with Gasteiger partial charge in [-0.15, -0.1) is 0 Å². The third-order valence-electron chi connectivity index (χ3n) is 3.36. The van der Waals surface area contributed by atoms with Gasteiger partial charge in [0, 0.05) is 25.0 Å². The molecule has 6 nitrogen and oxygen atoms in total. The van der Waals surface area contributed by atoms with Crippen molar-refractivity contribution in [3.63, 3.8) is 0 Å². The number of hydrogen-bond donors (Lipinski definition) is 1. The summed E-state index contributed by atoms with van der Waals surface area (Å²) in [5.74, 6) is -1.13. The maximum atomic E-state index is 12.4. The third-order valence-corrected chi connectivity index (χ3v) is 3.36. The van der Waals surface area contributed by atoms with Crippen LogP contribution in [0.5, 0.6) is 0 Å². The van der Waals surface area contributed by atoms with Gasteiger partial charge in [0.25, 0.3) is 11.3 Å². The SMILES string of the molecule is CO[C@]1(C)OCc2c1[n+](=O)c1ccccc1n2O. The molecule has 94 valence electrons. The molecule has 2 heterocycles. The standard InChI is InChI=1S/C12H13N2O4/c1-12(17-2)11-10(7-18-12)13(15)8-5-3-4-6-9(8)14(11)16/h3-6,15H,7H2,1-2H3/q+1/t12-/m1/s1. The van der Waals surface area contributed by atoms with Crippen molar-refractivity contribution in [1.82, 2.24) is 4.73 Å². The van der Waals surface area contributed by atoms with E-state index in [0.717, 1.165) is 9.16 Å². The van der Waals surface area contributed by atoms with E-state index in [2.05, 4.69) is 0 Å². The Hall–Kier alpha value is -1.92. The average Bonchev–Trinajstić information content (AvgIpc) is 2.75. The van der Waals surface area contributed by atoms with Gasteiger partial charge in [-0.1, -0.05) is 12.1 Å². The van der Waals surface area contributed by atoms with Gasteiger partial charge in [-0.2, -0.15) is 4.73 Å². The molecule has 0 bridgehead atoms. The molecule has 1 aliphatic rings. The number of ether oxygens (including phenoxy) is 2. The number of para-hydroxylation sites is 2. The molecule has 0 radical (unpaired) electrons. The van der Waals surface area contributed by atoms with Gasteiger partial charge >= 0.3 is 5.69 Å². The number of fused-ring (bicyclic) bond motifs is 2. The van der Waals surface area contributed by atoms with Crippen LogP contribution in [0.25, 0.3) is 11.0 Å². The number of rotatable bonds is 1. The lowest BCUT2D eigenvalue weighted by atomic mass is 10.2. The first-order chi connectivity index (χ1) is 8.58. The summed E-state index contributed by atoms with van der Waals surface area (Å²) in [4.78, 5) is 12.4. The molecule has 0 fully saturated rings. The molecule has 1 atom stereocenters. The summed E-state index contributed by atoms with van der Waals surface area (Å²) < 4.78 is 12.5. The zero-order valence-corrected chi connectivity index (χ0v) is 10.1. The molecule has 6 heteroatoms. The maximum absolute atomic E-state index is 12.4. The molecular weight excluding hydrogens is 236 g/mol. The van der Waals surface area contributed by atoms with Gasteiger partial charge < -0.3 is 14.7 Å². The Bertz CT molecular complexity index is 694. The van der Waals surface area contributed by atoms with Crippen LogP contribution >= 0.6 is 0 Å². The van der Waals surface area contributed by atoms with E-state index in [1.54, 1.807) is 31.2 Å². The van der Waals surface area contributed by atoms with Gasteiger partial charge in [-0.05, 0) is 6.07 Å². The van der Waals surface area contributed by atoms with Crippen molar-refractivity contribution in [2.24, 2.45) is 0 Å². The number of benzene rings is 1. The Morgan fingerprint density at radius 3 is 2.94 bits per heavy atom. The molecule has 2 aromatic rings. The summed E-state index contributed by atoms with van der Waals surface area (Å²) in [6.45, 7) is 1.78. The van der Waals surface area contributed by atoms with Gasteiger partial charge in [-0.3, -0.25) is 0 Å². The smallest absolute Gasteiger partial charge is 0.324 e. The van der Waals surface area contributed by atoms with E-state index < -0.39 is 5.79 Å². The second-order valence-corrected chi connectivity index (χ2v) is 4.33. The van der Waals surface area contributed by atoms with Gasteiger partial charge in [0.2, 0.25) is 0 Å². The average molecular weight is 249 g/mol. The van der Waals surface area contributed by atoms with Crippen LogP contribution in [0.2, 0.25) is 0 Å². The molecule has 1 aliphatic heterocycles. The first-order valence-electron chi connectivity index (χ1n) is 5.56. The second kappa shape index (κ2) is 3.54. The van der Waals surface area contributed by atoms with Crippen molar-refractivity contribution in [3.05, 3.63) is 40.6 Å². The monoisotopic (exact) mass is 249 g/mol. The van der Waals surface area contributed by atoms with Gasteiger partial charge in [-0.25, -0.2) is 0 Å². The molecule has 3 rings (SSSR count). The quantitative estimate of drug-likeness (QED) is 0.608. The number of hydrogen-bond acceptors (Lipinski definition) is 4. The lowest BCUT2D eigenvalue weighted by Gasteiger charge is -2.16. The zero-order valence-electron chi connectivity index (χ0n) is 10.1. The minimum absolute atomic E-state index is 0.128. The van der Waals surface area contributed by atoms with Crippen molar-refractivity contribution >= 4 is 11.0 Å². The van der Waals surface area contributed by atoms with Crippen LogP contribution in [0.1, 0.15) is 18.3 Å². The molecule has 0 aliphatic carbocycles. The van der Waals surface area contributed by atoms with Gasteiger partial charge in [0.15, 0.2) is 11.2 Å². The summed E-state index contributed by atoms with van der Waals surface area (Å²) >= 11 is 0. The Kier molecular flexibility index (Phi) is 2.20. The summed E-state index contributed by atoms with van der Waals surface area (Å²) in [5, 5.41) is 10.2. The van der Waals surface area contributed by atoms with E-state index >= 15 is 0 Å². The highest BCUT2D eigenvalue weighted by Crippen LogP contribution is 2.34. The molecular formula is C12H13N2O4+. The Labute approximate surface area is 103 Å². The molecule has 18 heavy (non-hydrogen) atoms. The summed E-state index contributed by atoms with van der Waals surface area (Å²) in [6.07, 6.45) is 0. The minimum atomic E-state index is -1.13. The predicted molar refractivity (Wildman–Crippen MR) is 61.6 cm³/mol. The zero-order chi connectivity index (χ0) is 12.9. The van der Waals surface area contributed by atoms with E-state index in [1.165, 1.54) is 7.11 Å². The number of nitrogens with zero attached hydrogens (tertiary/aromatic N) is 2. The molecule has 1 aromatic carbocycles. The topological polar surface area (TPSA) is 66.6 Å². The number of aromatic nitrogens is 2. The van der Waals surface area contributed by atoms with Crippen molar-refractivity contribution in [2.75, 3.05) is 7.11 Å². The van der Waals surface area contributed by atoms with E-state index in [1.807, 2.05) is 0 Å². The Morgan fingerprint density at radius 2 is 2.22 bits per heavy atom. The van der Waals surface area contributed by atoms with Crippen molar-refractivity contribution in [1.29, 1.82) is 0 Å². The fourth-order valence-corrected chi connectivity index (χ4v) is 2.30. The molecule has 1 N–H and O–H groups in total. The van der Waals surface area contributed by atoms with E-state index in [9.17, 15) is 10.1 Å². The van der Waals surface area contributed by atoms with Crippen molar-refractivity contribution in [3.8, 4) is 0 Å². The summed E-state index contributed by atoms with van der Waals surface area (Å²) in [6, 6.07) is 6.81. The first kappa shape index (κ1) is 11.2. The van der Waals surface area contributed by atoms with Crippen molar-refractivity contribution in [2.45, 2.75) is 19.3 Å². The highest BCUT2D eigenvalue weighted by molar-refractivity contribution is 5.71. The molecule has 0 saturated carbocycles. The molecule has 1 aromatic heterocycles.